The maximum Gasteiger partial charge on any atom is 0.409 e. The van der Waals surface area contributed by atoms with Crippen molar-refractivity contribution in [3.05, 3.63) is 35.9 Å². The Kier molecular flexibility index (Phi) is 5.68. The van der Waals surface area contributed by atoms with E-state index in [0.29, 0.717) is 25.1 Å². The molecule has 0 bridgehead atoms. The van der Waals surface area contributed by atoms with Crippen molar-refractivity contribution in [2.24, 2.45) is 0 Å². The molecular weight excluding hydrogens is 230 g/mol. The molecule has 0 aromatic heterocycles. The lowest BCUT2D eigenvalue weighted by Crippen LogP contribution is -2.28. The van der Waals surface area contributed by atoms with E-state index >= 15 is 0 Å². The minimum Gasteiger partial charge on any atom is -0.450 e. The van der Waals surface area contributed by atoms with Crippen LogP contribution in [-0.4, -0.2) is 37.1 Å². The molecular formula is C14H17NO3. The zero-order valence-electron chi connectivity index (χ0n) is 10.7. The van der Waals surface area contributed by atoms with Gasteiger partial charge in [-0.15, -0.1) is 0 Å². The predicted octanol–water partition coefficient (Wildman–Crippen LogP) is 2.38. The van der Waals surface area contributed by atoms with Gasteiger partial charge in [0.1, 0.15) is 5.94 Å². The van der Waals surface area contributed by atoms with Gasteiger partial charge in [-0.05, 0) is 12.5 Å². The number of rotatable bonds is 5. The molecule has 0 aliphatic carbocycles. The van der Waals surface area contributed by atoms with Gasteiger partial charge in [-0.1, -0.05) is 30.3 Å². The average Bonchev–Trinajstić information content (AvgIpc) is 2.40. The fraction of sp³-hybridized carbons (Fsp3) is 0.357. The first-order chi connectivity index (χ1) is 8.69. The van der Waals surface area contributed by atoms with Crippen molar-refractivity contribution in [2.75, 3.05) is 20.2 Å². The lowest BCUT2D eigenvalue weighted by Gasteiger charge is -2.16. The predicted molar refractivity (Wildman–Crippen MR) is 69.8 cm³/mol. The van der Waals surface area contributed by atoms with E-state index in [1.165, 1.54) is 4.90 Å². The van der Waals surface area contributed by atoms with Crippen molar-refractivity contribution in [3.63, 3.8) is 0 Å². The van der Waals surface area contributed by atoms with E-state index in [9.17, 15) is 9.59 Å². The molecule has 0 unspecified atom stereocenters. The summed E-state index contributed by atoms with van der Waals surface area (Å²) in [6, 6.07) is 9.31. The Labute approximate surface area is 107 Å². The molecule has 0 aliphatic rings. The van der Waals surface area contributed by atoms with Gasteiger partial charge in [0.2, 0.25) is 0 Å². The van der Waals surface area contributed by atoms with Gasteiger partial charge in [-0.25, -0.2) is 9.59 Å². The summed E-state index contributed by atoms with van der Waals surface area (Å²) in [4.78, 5) is 23.7. The SMILES string of the molecule is CCOC(=O)N(C)CCC(=C=O)c1ccccc1. The maximum absolute atomic E-state index is 11.4. The highest BCUT2D eigenvalue weighted by Gasteiger charge is 2.10. The van der Waals surface area contributed by atoms with E-state index in [4.69, 9.17) is 4.74 Å². The molecule has 1 rings (SSSR count). The molecule has 1 amide bonds. The minimum absolute atomic E-state index is 0.345. The number of carbonyl (C=O) groups excluding carboxylic acids is 2. The third-order valence-electron chi connectivity index (χ3n) is 2.52. The van der Waals surface area contributed by atoms with Gasteiger partial charge in [-0.3, -0.25) is 0 Å². The molecule has 0 radical (unpaired) electrons. The summed E-state index contributed by atoms with van der Waals surface area (Å²) in [5, 5.41) is 0. The van der Waals surface area contributed by atoms with Crippen LogP contribution in [0.4, 0.5) is 4.79 Å². The van der Waals surface area contributed by atoms with Crippen LogP contribution < -0.4 is 0 Å². The number of benzene rings is 1. The summed E-state index contributed by atoms with van der Waals surface area (Å²) in [6.07, 6.45) is 0.0823. The number of hydrogen-bond donors (Lipinski definition) is 0. The topological polar surface area (TPSA) is 46.6 Å². The Morgan fingerprint density at radius 2 is 2.00 bits per heavy atom. The molecule has 4 heteroatoms. The normalized spacial score (nSPS) is 9.44. The first kappa shape index (κ1) is 14.0. The molecule has 0 heterocycles. The van der Waals surface area contributed by atoms with Crippen LogP contribution in [0.3, 0.4) is 0 Å². The van der Waals surface area contributed by atoms with Crippen LogP contribution in [0.25, 0.3) is 5.57 Å². The smallest absolute Gasteiger partial charge is 0.409 e. The highest BCUT2D eigenvalue weighted by atomic mass is 16.5. The fourth-order valence-corrected chi connectivity index (χ4v) is 1.50. The summed E-state index contributed by atoms with van der Waals surface area (Å²) < 4.78 is 4.85. The van der Waals surface area contributed by atoms with Crippen LogP contribution in [0, 0.1) is 0 Å². The second kappa shape index (κ2) is 7.30. The fourth-order valence-electron chi connectivity index (χ4n) is 1.50. The summed E-state index contributed by atoms with van der Waals surface area (Å²) in [7, 11) is 1.64. The molecule has 4 nitrogen and oxygen atoms in total. The molecule has 1 aromatic carbocycles. The molecule has 18 heavy (non-hydrogen) atoms. The number of hydrogen-bond acceptors (Lipinski definition) is 3. The van der Waals surface area contributed by atoms with Crippen molar-refractivity contribution >= 4 is 17.6 Å². The molecule has 0 saturated carbocycles. The van der Waals surface area contributed by atoms with Gasteiger partial charge in [0.25, 0.3) is 0 Å². The second-order valence-corrected chi connectivity index (χ2v) is 3.82. The summed E-state index contributed by atoms with van der Waals surface area (Å²) in [6.45, 7) is 2.53. The Balaban J connectivity index is 2.57. The van der Waals surface area contributed by atoms with E-state index < -0.39 is 0 Å². The van der Waals surface area contributed by atoms with Crippen LogP contribution in [0.5, 0.6) is 0 Å². The van der Waals surface area contributed by atoms with E-state index in [1.807, 2.05) is 36.3 Å². The van der Waals surface area contributed by atoms with Gasteiger partial charge in [-0.2, -0.15) is 0 Å². The zero-order valence-corrected chi connectivity index (χ0v) is 10.7. The first-order valence-electron chi connectivity index (χ1n) is 5.86. The van der Waals surface area contributed by atoms with Crippen molar-refractivity contribution in [2.45, 2.75) is 13.3 Å². The molecule has 0 aliphatic heterocycles. The van der Waals surface area contributed by atoms with E-state index in [-0.39, 0.29) is 6.09 Å². The van der Waals surface area contributed by atoms with Crippen molar-refractivity contribution in [3.8, 4) is 0 Å². The Morgan fingerprint density at radius 1 is 1.33 bits per heavy atom. The second-order valence-electron chi connectivity index (χ2n) is 3.82. The third-order valence-corrected chi connectivity index (χ3v) is 2.52. The number of carbonyl (C=O) groups is 1. The summed E-state index contributed by atoms with van der Waals surface area (Å²) in [5.41, 5.74) is 1.40. The highest BCUT2D eigenvalue weighted by molar-refractivity contribution is 5.87. The average molecular weight is 247 g/mol. The van der Waals surface area contributed by atoms with Gasteiger partial charge in [0.05, 0.1) is 6.61 Å². The molecule has 0 saturated heterocycles. The maximum atomic E-state index is 11.4. The van der Waals surface area contributed by atoms with Gasteiger partial charge < -0.3 is 9.64 Å². The van der Waals surface area contributed by atoms with Gasteiger partial charge in [0, 0.05) is 25.6 Å². The Bertz CT molecular complexity index is 436. The molecule has 0 N–H and O–H groups in total. The lowest BCUT2D eigenvalue weighted by atomic mass is 10.0. The highest BCUT2D eigenvalue weighted by Crippen LogP contribution is 2.15. The Morgan fingerprint density at radius 3 is 2.56 bits per heavy atom. The zero-order chi connectivity index (χ0) is 13.4. The molecule has 0 fully saturated rings. The van der Waals surface area contributed by atoms with Gasteiger partial charge >= 0.3 is 6.09 Å². The van der Waals surface area contributed by atoms with Crippen LogP contribution in [0.2, 0.25) is 0 Å². The number of amides is 1. The molecule has 1 aromatic rings. The van der Waals surface area contributed by atoms with Crippen molar-refractivity contribution in [1.82, 2.24) is 4.90 Å². The molecule has 0 atom stereocenters. The Hall–Kier alpha value is -2.06. The standard InChI is InChI=1S/C14H17NO3/c1-3-18-14(17)15(2)10-9-13(11-16)12-7-5-4-6-8-12/h4-8H,3,9-10H2,1-2H3. The van der Waals surface area contributed by atoms with E-state index in [1.54, 1.807) is 14.0 Å². The van der Waals surface area contributed by atoms with Gasteiger partial charge in [0.15, 0.2) is 0 Å². The third kappa shape index (κ3) is 4.07. The van der Waals surface area contributed by atoms with Crippen LogP contribution in [0.15, 0.2) is 30.3 Å². The van der Waals surface area contributed by atoms with Crippen LogP contribution in [-0.2, 0) is 9.53 Å². The lowest BCUT2D eigenvalue weighted by molar-refractivity contribution is 0.117. The number of nitrogens with zero attached hydrogens (tertiary/aromatic N) is 1. The first-order valence-corrected chi connectivity index (χ1v) is 5.86. The summed E-state index contributed by atoms with van der Waals surface area (Å²) in [5.74, 6) is 1.93. The molecule has 0 spiro atoms. The van der Waals surface area contributed by atoms with E-state index in [0.717, 1.165) is 5.56 Å². The monoisotopic (exact) mass is 247 g/mol. The summed E-state index contributed by atoms with van der Waals surface area (Å²) >= 11 is 0. The quantitative estimate of drug-likeness (QED) is 0.750. The van der Waals surface area contributed by atoms with E-state index in [2.05, 4.69) is 0 Å². The van der Waals surface area contributed by atoms with Crippen molar-refractivity contribution < 1.29 is 14.3 Å². The minimum atomic E-state index is -0.379. The molecule has 96 valence electrons. The number of ether oxygens (including phenoxy) is 1. The largest absolute Gasteiger partial charge is 0.450 e. The van der Waals surface area contributed by atoms with Crippen LogP contribution in [0.1, 0.15) is 18.9 Å². The van der Waals surface area contributed by atoms with Crippen LogP contribution >= 0.6 is 0 Å². The van der Waals surface area contributed by atoms with Crippen molar-refractivity contribution in [1.29, 1.82) is 0 Å².